The van der Waals surface area contributed by atoms with E-state index in [9.17, 15) is 0 Å². The summed E-state index contributed by atoms with van der Waals surface area (Å²) < 4.78 is 4.75. The van der Waals surface area contributed by atoms with Crippen LogP contribution in [0.25, 0.3) is 33.4 Å². The smallest absolute Gasteiger partial charge is 1.00 e. The second-order valence-electron chi connectivity index (χ2n) is 11.6. The Hall–Kier alpha value is -4.04. The largest absolute Gasteiger partial charge is 1.00 e. The maximum atomic E-state index is 2.44. The van der Waals surface area contributed by atoms with E-state index in [1.165, 1.54) is 59.4 Å². The third-order valence-corrected chi connectivity index (χ3v) is 13.9. The summed E-state index contributed by atoms with van der Waals surface area (Å²) in [5.41, 5.74) is 13.7. The van der Waals surface area contributed by atoms with Gasteiger partial charge in [-0.15, -0.1) is 0 Å². The van der Waals surface area contributed by atoms with Crippen molar-refractivity contribution in [3.63, 3.8) is 0 Å². The van der Waals surface area contributed by atoms with Crippen molar-refractivity contribution in [2.24, 2.45) is 0 Å². The van der Waals surface area contributed by atoms with Crippen LogP contribution in [0.15, 0.2) is 174 Å². The van der Waals surface area contributed by atoms with Crippen LogP contribution >= 0.6 is 0 Å². The standard InChI is InChI=1S/C25H17.C13H10.C5H5.2ClH.Ti/c1-3-7-18(8-4-1)20-11-13-24-22(15-20)17-23-16-21(12-14-25(23)24)19-9-5-2-6-10-19;1-3-7-12(8-4-1)11-13-9-5-2-6-10-13;1-2-4-5-3-1;;;/h1-15H,17H2;1-10H;1-3H,4H2;2*1H;/q;;;;;+2/p-2. The third kappa shape index (κ3) is 5.95. The van der Waals surface area contributed by atoms with Crippen LogP contribution in [0.3, 0.4) is 0 Å². The number of halogens is 2. The molecule has 0 unspecified atom stereocenters. The molecule has 0 aromatic heterocycles. The maximum Gasteiger partial charge on any atom is -1.00 e. The summed E-state index contributed by atoms with van der Waals surface area (Å²) in [6.45, 7) is 0. The van der Waals surface area contributed by atoms with Crippen LogP contribution in [-0.4, -0.2) is 3.81 Å². The van der Waals surface area contributed by atoms with Gasteiger partial charge in [0.2, 0.25) is 0 Å². The normalized spacial score (nSPS) is 12.1. The molecule has 222 valence electrons. The molecule has 0 N–H and O–H groups in total. The zero-order chi connectivity index (χ0) is 29.3. The van der Waals surface area contributed by atoms with Gasteiger partial charge in [-0.1, -0.05) is 0 Å². The van der Waals surface area contributed by atoms with Gasteiger partial charge in [0.05, 0.1) is 0 Å². The first kappa shape index (κ1) is 31.9. The van der Waals surface area contributed by atoms with Crippen molar-refractivity contribution in [3.05, 3.63) is 196 Å². The van der Waals surface area contributed by atoms with Crippen molar-refractivity contribution in [2.75, 3.05) is 0 Å². The zero-order valence-corrected chi connectivity index (χ0v) is 28.4. The van der Waals surface area contributed by atoms with E-state index in [2.05, 4.69) is 170 Å². The Morgan fingerprint density at radius 1 is 0.500 bits per heavy atom. The number of hydrogen-bond donors (Lipinski definition) is 0. The van der Waals surface area contributed by atoms with E-state index in [0.717, 1.165) is 12.8 Å². The second-order valence-corrected chi connectivity index (χ2v) is 15.3. The van der Waals surface area contributed by atoms with Crippen molar-refractivity contribution in [1.29, 1.82) is 0 Å². The van der Waals surface area contributed by atoms with Crippen LogP contribution in [0, 0.1) is 0 Å². The number of fused-ring (bicyclic) bond motifs is 3. The molecule has 6 aromatic rings. The predicted molar refractivity (Wildman–Crippen MR) is 183 cm³/mol. The van der Waals surface area contributed by atoms with E-state index in [1.54, 1.807) is 7.75 Å². The molecule has 0 bridgehead atoms. The fraction of sp³-hybridized carbons (Fsp3) is 0.0465. The quantitative estimate of drug-likeness (QED) is 0.236. The first-order valence-corrected chi connectivity index (χ1v) is 17.8. The summed E-state index contributed by atoms with van der Waals surface area (Å²) in [7, 11) is 0. The average molecular weight is 668 g/mol. The van der Waals surface area contributed by atoms with Crippen LogP contribution in [-0.2, 0) is 23.8 Å². The number of hydrogen-bond acceptors (Lipinski definition) is 0. The minimum atomic E-state index is -2.37. The van der Waals surface area contributed by atoms with Gasteiger partial charge in [0, 0.05) is 0 Å². The fourth-order valence-electron chi connectivity index (χ4n) is 6.97. The van der Waals surface area contributed by atoms with E-state index >= 15 is 0 Å². The topological polar surface area (TPSA) is 0 Å². The van der Waals surface area contributed by atoms with Gasteiger partial charge in [-0.2, -0.15) is 0 Å². The van der Waals surface area contributed by atoms with Gasteiger partial charge in [0.1, 0.15) is 0 Å². The SMILES string of the molecule is C1=CC[C]([Ti+2](=[C](c2ccccc2)c2ccccc2)[c]2c(-c3ccccc3)ccc3c2Cc2cc(-c4ccccc4)ccc2-3)=C1.[Cl-].[Cl-]. The molecule has 0 atom stereocenters. The van der Waals surface area contributed by atoms with E-state index in [-0.39, 0.29) is 24.8 Å². The summed E-state index contributed by atoms with van der Waals surface area (Å²) in [4.78, 5) is 0. The minimum absolute atomic E-state index is 0. The maximum absolute atomic E-state index is 2.44. The number of rotatable bonds is 6. The average Bonchev–Trinajstić information content (AvgIpc) is 3.77. The van der Waals surface area contributed by atoms with Crippen molar-refractivity contribution in [2.45, 2.75) is 12.8 Å². The van der Waals surface area contributed by atoms with E-state index in [0.29, 0.717) is 0 Å². The van der Waals surface area contributed by atoms with E-state index in [1.807, 2.05) is 0 Å². The molecule has 0 amide bonds. The molecule has 8 rings (SSSR count). The van der Waals surface area contributed by atoms with Gasteiger partial charge in [-0.25, -0.2) is 0 Å². The van der Waals surface area contributed by atoms with Gasteiger partial charge in [-0.3, -0.25) is 0 Å². The molecular formula is C43H32Cl2Ti. The van der Waals surface area contributed by atoms with Crippen LogP contribution < -0.4 is 28.7 Å². The fourth-order valence-corrected chi connectivity index (χ4v) is 12.3. The summed E-state index contributed by atoms with van der Waals surface area (Å²) in [5, 5.41) is 0. The molecule has 0 spiro atoms. The Kier molecular flexibility index (Phi) is 9.83. The molecule has 0 heterocycles. The molecule has 0 saturated carbocycles. The Morgan fingerprint density at radius 2 is 1.04 bits per heavy atom. The zero-order valence-electron chi connectivity index (χ0n) is 25.3. The molecular weight excluding hydrogens is 635 g/mol. The number of allylic oxidation sites excluding steroid dienone is 4. The van der Waals surface area contributed by atoms with Crippen LogP contribution in [0.2, 0.25) is 0 Å². The molecule has 2 aliphatic rings. The van der Waals surface area contributed by atoms with E-state index in [4.69, 9.17) is 0 Å². The summed E-state index contributed by atoms with van der Waals surface area (Å²) in [6.07, 6.45) is 9.06. The molecule has 0 radical (unpaired) electrons. The predicted octanol–water partition coefficient (Wildman–Crippen LogP) is 3.96. The molecule has 6 aromatic carbocycles. The Morgan fingerprint density at radius 3 is 1.63 bits per heavy atom. The van der Waals surface area contributed by atoms with Crippen molar-refractivity contribution in [3.8, 4) is 33.4 Å². The Balaban J connectivity index is 0.00000186. The molecule has 3 heteroatoms. The monoisotopic (exact) mass is 666 g/mol. The summed E-state index contributed by atoms with van der Waals surface area (Å²) in [6, 6.07) is 56.2. The van der Waals surface area contributed by atoms with Gasteiger partial charge in [0.15, 0.2) is 0 Å². The van der Waals surface area contributed by atoms with Gasteiger partial charge in [-0.05, 0) is 0 Å². The Bertz CT molecular complexity index is 2040. The minimum Gasteiger partial charge on any atom is -1.00 e. The molecule has 0 fully saturated rings. The van der Waals surface area contributed by atoms with Gasteiger partial charge < -0.3 is 24.8 Å². The first-order chi connectivity index (χ1) is 21.8. The first-order valence-electron chi connectivity index (χ1n) is 15.5. The molecule has 2 aliphatic carbocycles. The van der Waals surface area contributed by atoms with Crippen molar-refractivity contribution in [1.82, 2.24) is 0 Å². The van der Waals surface area contributed by atoms with Crippen LogP contribution in [0.1, 0.15) is 28.7 Å². The summed E-state index contributed by atoms with van der Waals surface area (Å²) in [5.74, 6) is 0. The van der Waals surface area contributed by atoms with E-state index < -0.39 is 17.4 Å². The third-order valence-electron chi connectivity index (χ3n) is 8.98. The Labute approximate surface area is 290 Å². The summed E-state index contributed by atoms with van der Waals surface area (Å²) >= 11 is -2.37. The van der Waals surface area contributed by atoms with Crippen molar-refractivity contribution >= 4 is 7.68 Å². The van der Waals surface area contributed by atoms with Crippen LogP contribution in [0.5, 0.6) is 0 Å². The van der Waals surface area contributed by atoms with Crippen LogP contribution in [0.4, 0.5) is 0 Å². The molecule has 0 aliphatic heterocycles. The second kappa shape index (κ2) is 14.2. The van der Waals surface area contributed by atoms with Crippen molar-refractivity contribution < 1.29 is 42.2 Å². The number of benzene rings is 6. The molecule has 0 nitrogen and oxygen atoms in total. The van der Waals surface area contributed by atoms with Gasteiger partial charge >= 0.3 is 267 Å². The molecule has 0 saturated heterocycles. The van der Waals surface area contributed by atoms with Gasteiger partial charge in [0.25, 0.3) is 0 Å². The molecule has 46 heavy (non-hydrogen) atoms.